The van der Waals surface area contributed by atoms with Crippen LogP contribution in [0.2, 0.25) is 0 Å². The minimum Gasteiger partial charge on any atom is -0.495 e. The highest BCUT2D eigenvalue weighted by atomic mass is 16.5. The van der Waals surface area contributed by atoms with Crippen molar-refractivity contribution in [2.24, 2.45) is 0 Å². The number of nitrogens with one attached hydrogen (secondary N) is 1. The third-order valence-electron chi connectivity index (χ3n) is 8.72. The van der Waals surface area contributed by atoms with Crippen LogP contribution in [-0.4, -0.2) is 92.3 Å². The van der Waals surface area contributed by atoms with Crippen LogP contribution in [0.25, 0.3) is 0 Å². The fraction of sp³-hybridized carbons (Fsp3) is 0.586. The lowest BCUT2D eigenvalue weighted by Gasteiger charge is -2.43. The first-order chi connectivity index (χ1) is 19.5. The van der Waals surface area contributed by atoms with Gasteiger partial charge in [-0.3, -0.25) is 14.5 Å². The molecule has 2 fully saturated rings. The van der Waals surface area contributed by atoms with Crippen molar-refractivity contribution in [2.75, 3.05) is 73.6 Å². The van der Waals surface area contributed by atoms with E-state index in [9.17, 15) is 9.59 Å². The number of methoxy groups -OCH3 is 1. The summed E-state index contributed by atoms with van der Waals surface area (Å²) >= 11 is 0. The molecule has 2 aromatic rings. The van der Waals surface area contributed by atoms with E-state index >= 15 is 0 Å². The quantitative estimate of drug-likeness (QED) is 0.558. The smallest absolute Gasteiger partial charge is 0.249 e. The predicted molar refractivity (Wildman–Crippen MR) is 154 cm³/mol. The van der Waals surface area contributed by atoms with Crippen LogP contribution in [0.3, 0.4) is 0 Å². The zero-order valence-electron chi connectivity index (χ0n) is 23.7. The van der Waals surface area contributed by atoms with Crippen molar-refractivity contribution in [1.29, 1.82) is 0 Å². The minimum absolute atomic E-state index is 0.0901. The Kier molecular flexibility index (Phi) is 7.50. The summed E-state index contributed by atoms with van der Waals surface area (Å²) in [7, 11) is 3.45. The van der Waals surface area contributed by atoms with Gasteiger partial charge in [-0.15, -0.1) is 0 Å². The molecule has 3 aliphatic heterocycles. The van der Waals surface area contributed by atoms with Crippen LogP contribution in [0.5, 0.6) is 5.75 Å². The first kappa shape index (κ1) is 26.8. The first-order valence-corrected chi connectivity index (χ1v) is 14.5. The van der Waals surface area contributed by atoms with E-state index in [2.05, 4.69) is 27.0 Å². The molecule has 40 heavy (non-hydrogen) atoms. The summed E-state index contributed by atoms with van der Waals surface area (Å²) in [5.41, 5.74) is 3.41. The van der Waals surface area contributed by atoms with Crippen molar-refractivity contribution in [3.05, 3.63) is 23.9 Å². The Morgan fingerprint density at radius 3 is 2.65 bits per heavy atom. The Balaban J connectivity index is 1.30. The van der Waals surface area contributed by atoms with Gasteiger partial charge in [0.25, 0.3) is 0 Å². The second kappa shape index (κ2) is 11.2. The number of nitrogens with zero attached hydrogens (tertiary/aromatic N) is 6. The number of ether oxygens (including phenoxy) is 2. The summed E-state index contributed by atoms with van der Waals surface area (Å²) in [6.45, 7) is 5.96. The summed E-state index contributed by atoms with van der Waals surface area (Å²) in [5, 5.41) is 3.37. The van der Waals surface area contributed by atoms with E-state index in [1.165, 1.54) is 12.8 Å². The number of likely N-dealkylation sites (N-methyl/N-ethyl adjacent to an activating group) is 1. The standard InChI is InChI=1S/C29H39N7O4/c1-4-22-28(38)33(2)24-17-30-29(32-27(24)36(22)20-7-5-6-8-20)31-21-16-23-19(15-25(21)39-3)9-10-35(23)26(37)18-34-11-13-40-14-12-34/h15-17,20,22H,4-14,18H2,1-3H3,(H,30,31,32)/t22-/m1/s1. The number of morpholine rings is 1. The van der Waals surface area contributed by atoms with E-state index in [-0.39, 0.29) is 17.9 Å². The second-order valence-electron chi connectivity index (χ2n) is 11.1. The Morgan fingerprint density at radius 2 is 1.93 bits per heavy atom. The van der Waals surface area contributed by atoms with E-state index in [0.717, 1.165) is 61.5 Å². The number of hydrogen-bond acceptors (Lipinski definition) is 9. The van der Waals surface area contributed by atoms with Crippen molar-refractivity contribution < 1.29 is 19.1 Å². The lowest BCUT2D eigenvalue weighted by atomic mass is 10.0. The molecule has 1 saturated carbocycles. The molecule has 11 nitrogen and oxygen atoms in total. The molecule has 1 aliphatic carbocycles. The average molecular weight is 550 g/mol. The number of hydrogen-bond donors (Lipinski definition) is 1. The Labute approximate surface area is 235 Å². The lowest BCUT2D eigenvalue weighted by molar-refractivity contribution is -0.121. The largest absolute Gasteiger partial charge is 0.495 e. The molecule has 4 aliphatic rings. The Hall–Kier alpha value is -3.44. The number of rotatable bonds is 7. The molecular formula is C29H39N7O4. The molecular weight excluding hydrogens is 510 g/mol. The van der Waals surface area contributed by atoms with Gasteiger partial charge in [0.1, 0.15) is 17.5 Å². The molecule has 1 aromatic carbocycles. The molecule has 214 valence electrons. The lowest BCUT2D eigenvalue weighted by Crippen LogP contribution is -2.55. The molecule has 0 radical (unpaired) electrons. The van der Waals surface area contributed by atoms with E-state index < -0.39 is 0 Å². The van der Waals surface area contributed by atoms with Gasteiger partial charge >= 0.3 is 0 Å². The zero-order chi connectivity index (χ0) is 27.8. The van der Waals surface area contributed by atoms with E-state index in [4.69, 9.17) is 14.5 Å². The monoisotopic (exact) mass is 549 g/mol. The molecule has 1 saturated heterocycles. The van der Waals surface area contributed by atoms with Crippen LogP contribution in [-0.2, 0) is 20.7 Å². The van der Waals surface area contributed by atoms with Crippen LogP contribution >= 0.6 is 0 Å². The van der Waals surface area contributed by atoms with Gasteiger partial charge in [0, 0.05) is 38.4 Å². The van der Waals surface area contributed by atoms with Crippen LogP contribution in [0.15, 0.2) is 18.3 Å². The number of anilines is 5. The molecule has 0 unspecified atom stereocenters. The van der Waals surface area contributed by atoms with Gasteiger partial charge in [0.15, 0.2) is 5.82 Å². The van der Waals surface area contributed by atoms with Gasteiger partial charge in [-0.1, -0.05) is 19.8 Å². The molecule has 2 amide bonds. The molecule has 11 heteroatoms. The van der Waals surface area contributed by atoms with Crippen molar-refractivity contribution in [2.45, 2.75) is 57.5 Å². The van der Waals surface area contributed by atoms with E-state index in [0.29, 0.717) is 49.7 Å². The van der Waals surface area contributed by atoms with Crippen molar-refractivity contribution in [3.8, 4) is 5.75 Å². The summed E-state index contributed by atoms with van der Waals surface area (Å²) in [4.78, 5) is 44.0. The second-order valence-corrected chi connectivity index (χ2v) is 11.1. The van der Waals surface area contributed by atoms with Crippen molar-refractivity contribution in [3.63, 3.8) is 0 Å². The topological polar surface area (TPSA) is 103 Å². The van der Waals surface area contributed by atoms with Crippen molar-refractivity contribution >= 4 is 40.6 Å². The first-order valence-electron chi connectivity index (χ1n) is 14.5. The zero-order valence-corrected chi connectivity index (χ0v) is 23.7. The highest BCUT2D eigenvalue weighted by Crippen LogP contribution is 2.42. The highest BCUT2D eigenvalue weighted by molar-refractivity contribution is 6.04. The Morgan fingerprint density at radius 1 is 1.15 bits per heavy atom. The van der Waals surface area contributed by atoms with Crippen molar-refractivity contribution in [1.82, 2.24) is 14.9 Å². The van der Waals surface area contributed by atoms with E-state index in [1.54, 1.807) is 25.3 Å². The maximum Gasteiger partial charge on any atom is 0.249 e. The van der Waals surface area contributed by atoms with Crippen LogP contribution in [0.1, 0.15) is 44.6 Å². The number of benzene rings is 1. The predicted octanol–water partition coefficient (Wildman–Crippen LogP) is 2.95. The van der Waals surface area contributed by atoms with Gasteiger partial charge in [0.2, 0.25) is 17.8 Å². The molecule has 1 N–H and O–H groups in total. The summed E-state index contributed by atoms with van der Waals surface area (Å²) in [5.74, 6) is 2.08. The molecule has 6 rings (SSSR count). The summed E-state index contributed by atoms with van der Waals surface area (Å²) in [6, 6.07) is 4.04. The maximum absolute atomic E-state index is 13.3. The average Bonchev–Trinajstić information content (AvgIpc) is 3.65. The molecule has 0 bridgehead atoms. The number of aromatic nitrogens is 2. The van der Waals surface area contributed by atoms with Crippen LogP contribution in [0, 0.1) is 0 Å². The highest BCUT2D eigenvalue weighted by Gasteiger charge is 2.41. The molecule has 0 spiro atoms. The Bertz CT molecular complexity index is 1280. The summed E-state index contributed by atoms with van der Waals surface area (Å²) in [6.07, 6.45) is 7.69. The van der Waals surface area contributed by atoms with Gasteiger partial charge in [0.05, 0.1) is 38.8 Å². The summed E-state index contributed by atoms with van der Waals surface area (Å²) < 4.78 is 11.2. The maximum atomic E-state index is 13.3. The fourth-order valence-electron chi connectivity index (χ4n) is 6.54. The SMILES string of the molecule is CC[C@@H]1C(=O)N(C)c2cnc(Nc3cc4c(cc3OC)CCN4C(=O)CN3CCOCC3)nc2N1C1CCCC1. The third-order valence-corrected chi connectivity index (χ3v) is 8.72. The van der Waals surface area contributed by atoms with Crippen LogP contribution < -0.4 is 24.8 Å². The molecule has 1 atom stereocenters. The molecule has 1 aromatic heterocycles. The third kappa shape index (κ3) is 4.85. The number of fused-ring (bicyclic) bond motifs is 2. The number of carbonyl (C=O) groups is 2. The normalized spacial score (nSPS) is 21.5. The fourth-order valence-corrected chi connectivity index (χ4v) is 6.54. The number of carbonyl (C=O) groups excluding carboxylic acids is 2. The van der Waals surface area contributed by atoms with E-state index in [1.807, 2.05) is 17.0 Å². The van der Waals surface area contributed by atoms with Gasteiger partial charge in [-0.25, -0.2) is 4.98 Å². The number of amides is 2. The van der Waals surface area contributed by atoms with Gasteiger partial charge < -0.3 is 29.5 Å². The van der Waals surface area contributed by atoms with Crippen LogP contribution in [0.4, 0.5) is 28.8 Å². The molecule has 4 heterocycles. The minimum atomic E-state index is -0.232. The van der Waals surface area contributed by atoms with Gasteiger partial charge in [-0.05, 0) is 43.4 Å². The van der Waals surface area contributed by atoms with Gasteiger partial charge in [-0.2, -0.15) is 4.98 Å².